The highest BCUT2D eigenvalue weighted by Gasteiger charge is 2.32. The second kappa shape index (κ2) is 7.82. The van der Waals surface area contributed by atoms with Crippen LogP contribution in [0.5, 0.6) is 5.75 Å². The summed E-state index contributed by atoms with van der Waals surface area (Å²) in [6.45, 7) is 1.51. The number of hydrogen-bond acceptors (Lipinski definition) is 5. The van der Waals surface area contributed by atoms with E-state index in [1.54, 1.807) is 73.4 Å². The second-order valence-corrected chi connectivity index (χ2v) is 6.97. The molecule has 0 aliphatic carbocycles. The van der Waals surface area contributed by atoms with E-state index in [2.05, 4.69) is 10.3 Å². The molecule has 2 aromatic carbocycles. The SMILES string of the molecule is CC1Oc2ccccc2N(CC(=O)Nc2ccc(C(=O)c3nccn3C)cc2)C1=O. The highest BCUT2D eigenvalue weighted by atomic mass is 16.5. The van der Waals surface area contributed by atoms with Crippen molar-refractivity contribution in [1.82, 2.24) is 9.55 Å². The number of fused-ring (bicyclic) bond motifs is 1. The van der Waals surface area contributed by atoms with Gasteiger partial charge in [-0.2, -0.15) is 0 Å². The largest absolute Gasteiger partial charge is 0.479 e. The van der Waals surface area contributed by atoms with Crippen molar-refractivity contribution >= 4 is 29.0 Å². The molecule has 152 valence electrons. The number of benzene rings is 2. The molecule has 1 aliphatic heterocycles. The Hall–Kier alpha value is -3.94. The van der Waals surface area contributed by atoms with Gasteiger partial charge in [0.1, 0.15) is 12.3 Å². The zero-order valence-corrected chi connectivity index (χ0v) is 16.5. The number of aromatic nitrogens is 2. The Kier molecular flexibility index (Phi) is 5.05. The third-order valence-electron chi connectivity index (χ3n) is 4.83. The van der Waals surface area contributed by atoms with Crippen LogP contribution in [-0.4, -0.2) is 39.8 Å². The molecule has 0 saturated carbocycles. The average Bonchev–Trinajstić information content (AvgIpc) is 3.17. The van der Waals surface area contributed by atoms with Crippen molar-refractivity contribution in [2.45, 2.75) is 13.0 Å². The summed E-state index contributed by atoms with van der Waals surface area (Å²) < 4.78 is 7.24. The summed E-state index contributed by atoms with van der Waals surface area (Å²) in [5.41, 5.74) is 1.55. The Bertz CT molecular complexity index is 1120. The smallest absolute Gasteiger partial charge is 0.268 e. The molecule has 4 rings (SSSR count). The molecule has 0 spiro atoms. The van der Waals surface area contributed by atoms with Crippen LogP contribution in [0, 0.1) is 0 Å². The summed E-state index contributed by atoms with van der Waals surface area (Å²) in [5.74, 6) is 0.0696. The topological polar surface area (TPSA) is 93.5 Å². The fraction of sp³-hybridized carbons (Fsp3) is 0.182. The van der Waals surface area contributed by atoms with Gasteiger partial charge in [-0.15, -0.1) is 0 Å². The van der Waals surface area contributed by atoms with E-state index in [-0.39, 0.29) is 24.1 Å². The molecule has 1 aliphatic rings. The lowest BCUT2D eigenvalue weighted by Gasteiger charge is -2.32. The molecule has 2 amide bonds. The molecule has 1 unspecified atom stereocenters. The van der Waals surface area contributed by atoms with E-state index in [9.17, 15) is 14.4 Å². The van der Waals surface area contributed by atoms with Crippen LogP contribution in [0.3, 0.4) is 0 Å². The average molecular weight is 404 g/mol. The normalized spacial score (nSPS) is 15.3. The number of carbonyl (C=O) groups is 3. The lowest BCUT2D eigenvalue weighted by atomic mass is 10.1. The molecule has 30 heavy (non-hydrogen) atoms. The van der Waals surface area contributed by atoms with E-state index in [4.69, 9.17) is 4.74 Å². The predicted octanol–water partition coefficient (Wildman–Crippen LogP) is 2.40. The molecule has 1 aromatic heterocycles. The van der Waals surface area contributed by atoms with Crippen molar-refractivity contribution in [3.63, 3.8) is 0 Å². The van der Waals surface area contributed by atoms with Crippen molar-refractivity contribution < 1.29 is 19.1 Å². The fourth-order valence-corrected chi connectivity index (χ4v) is 3.28. The first-order chi connectivity index (χ1) is 14.4. The Balaban J connectivity index is 1.45. The molecule has 0 bridgehead atoms. The fourth-order valence-electron chi connectivity index (χ4n) is 3.28. The molecule has 8 nitrogen and oxygen atoms in total. The number of hydrogen-bond donors (Lipinski definition) is 1. The zero-order valence-electron chi connectivity index (χ0n) is 16.5. The number of aryl methyl sites for hydroxylation is 1. The first-order valence-corrected chi connectivity index (χ1v) is 9.43. The molecule has 2 heterocycles. The van der Waals surface area contributed by atoms with Gasteiger partial charge < -0.3 is 14.6 Å². The van der Waals surface area contributed by atoms with Gasteiger partial charge in [-0.3, -0.25) is 19.3 Å². The summed E-state index contributed by atoms with van der Waals surface area (Å²) >= 11 is 0. The maximum absolute atomic E-state index is 12.6. The lowest BCUT2D eigenvalue weighted by molar-refractivity contribution is -0.127. The number of anilines is 2. The van der Waals surface area contributed by atoms with Crippen LogP contribution in [0.1, 0.15) is 23.1 Å². The van der Waals surface area contributed by atoms with Crippen LogP contribution in [0.25, 0.3) is 0 Å². The molecule has 8 heteroatoms. The van der Waals surface area contributed by atoms with E-state index in [1.165, 1.54) is 4.90 Å². The van der Waals surface area contributed by atoms with Gasteiger partial charge in [0.25, 0.3) is 5.91 Å². The highest BCUT2D eigenvalue weighted by molar-refractivity contribution is 6.08. The van der Waals surface area contributed by atoms with Crippen LogP contribution < -0.4 is 15.0 Å². The van der Waals surface area contributed by atoms with Crippen LogP contribution >= 0.6 is 0 Å². The van der Waals surface area contributed by atoms with Gasteiger partial charge in [0.2, 0.25) is 11.7 Å². The van der Waals surface area contributed by atoms with Gasteiger partial charge in [0, 0.05) is 30.7 Å². The number of nitrogens with one attached hydrogen (secondary N) is 1. The first-order valence-electron chi connectivity index (χ1n) is 9.43. The Morgan fingerprint density at radius 1 is 1.13 bits per heavy atom. The molecular weight excluding hydrogens is 384 g/mol. The van der Waals surface area contributed by atoms with E-state index in [0.717, 1.165) is 0 Å². The highest BCUT2D eigenvalue weighted by Crippen LogP contribution is 2.33. The third-order valence-corrected chi connectivity index (χ3v) is 4.83. The first kappa shape index (κ1) is 19.4. The van der Waals surface area contributed by atoms with Crippen LogP contribution in [0.4, 0.5) is 11.4 Å². The van der Waals surface area contributed by atoms with Gasteiger partial charge in [0.15, 0.2) is 11.9 Å². The van der Waals surface area contributed by atoms with Crippen molar-refractivity contribution in [3.8, 4) is 5.75 Å². The van der Waals surface area contributed by atoms with E-state index in [1.807, 2.05) is 6.07 Å². The minimum atomic E-state index is -0.663. The summed E-state index contributed by atoms with van der Waals surface area (Å²) in [7, 11) is 1.75. The van der Waals surface area contributed by atoms with Gasteiger partial charge in [-0.1, -0.05) is 12.1 Å². The second-order valence-electron chi connectivity index (χ2n) is 6.97. The number of ketones is 1. The summed E-state index contributed by atoms with van der Waals surface area (Å²) in [6.07, 6.45) is 2.60. The predicted molar refractivity (Wildman–Crippen MR) is 111 cm³/mol. The standard InChI is InChI=1S/C22H20N4O4/c1-14-22(29)26(17-5-3-4-6-18(17)30-14)13-19(27)24-16-9-7-15(8-10-16)20(28)21-23-11-12-25(21)2/h3-12,14H,13H2,1-2H3,(H,24,27). The number of carbonyl (C=O) groups excluding carboxylic acids is 3. The van der Waals surface area contributed by atoms with Crippen LogP contribution in [0.15, 0.2) is 60.9 Å². The van der Waals surface area contributed by atoms with E-state index in [0.29, 0.717) is 28.5 Å². The minimum Gasteiger partial charge on any atom is -0.479 e. The molecule has 1 atom stereocenters. The maximum atomic E-state index is 12.6. The quantitative estimate of drug-likeness (QED) is 0.659. The number of rotatable bonds is 5. The summed E-state index contributed by atoms with van der Waals surface area (Å²) in [5, 5.41) is 2.76. The van der Waals surface area contributed by atoms with Crippen molar-refractivity contribution in [2.24, 2.45) is 7.05 Å². The molecular formula is C22H20N4O4. The number of imidazole rings is 1. The van der Waals surface area contributed by atoms with Crippen LogP contribution in [0.2, 0.25) is 0 Å². The van der Waals surface area contributed by atoms with Gasteiger partial charge in [-0.05, 0) is 43.3 Å². The number of nitrogens with zero attached hydrogens (tertiary/aromatic N) is 3. The third kappa shape index (κ3) is 3.67. The summed E-state index contributed by atoms with van der Waals surface area (Å²) in [6, 6.07) is 13.7. The van der Waals surface area contributed by atoms with Crippen LogP contribution in [-0.2, 0) is 16.6 Å². The molecule has 1 N–H and O–H groups in total. The van der Waals surface area contributed by atoms with Gasteiger partial charge in [0.05, 0.1) is 5.69 Å². The molecule has 0 saturated heterocycles. The van der Waals surface area contributed by atoms with Crippen molar-refractivity contribution in [1.29, 1.82) is 0 Å². The number of ether oxygens (including phenoxy) is 1. The van der Waals surface area contributed by atoms with Gasteiger partial charge in [-0.25, -0.2) is 4.98 Å². The van der Waals surface area contributed by atoms with E-state index < -0.39 is 6.10 Å². The monoisotopic (exact) mass is 404 g/mol. The maximum Gasteiger partial charge on any atom is 0.268 e. The van der Waals surface area contributed by atoms with Crippen molar-refractivity contribution in [2.75, 3.05) is 16.8 Å². The Labute approximate surface area is 173 Å². The number of para-hydroxylation sites is 2. The number of amides is 2. The van der Waals surface area contributed by atoms with Crippen molar-refractivity contribution in [3.05, 3.63) is 72.3 Å². The Morgan fingerprint density at radius 2 is 1.87 bits per heavy atom. The molecule has 0 fully saturated rings. The van der Waals surface area contributed by atoms with Gasteiger partial charge >= 0.3 is 0 Å². The van der Waals surface area contributed by atoms with E-state index >= 15 is 0 Å². The minimum absolute atomic E-state index is 0.141. The Morgan fingerprint density at radius 3 is 2.57 bits per heavy atom. The molecule has 0 radical (unpaired) electrons. The lowest BCUT2D eigenvalue weighted by Crippen LogP contribution is -2.47. The zero-order chi connectivity index (χ0) is 21.3. The molecule has 3 aromatic rings. The summed E-state index contributed by atoms with van der Waals surface area (Å²) in [4.78, 5) is 43.0.